The summed E-state index contributed by atoms with van der Waals surface area (Å²) in [7, 11) is 0. The number of rotatable bonds is 6. The molecule has 1 aliphatic carbocycles. The fraction of sp³-hybridized carbons (Fsp3) is 0.562. The van der Waals surface area contributed by atoms with Crippen LogP contribution in [-0.2, 0) is 5.75 Å². The average Bonchev–Trinajstić information content (AvgIpc) is 2.41. The maximum absolute atomic E-state index is 11.8. The number of carbonyl (C=O) groups excluding carboxylic acids is 1. The Morgan fingerprint density at radius 2 is 2.19 bits per heavy atom. The van der Waals surface area contributed by atoms with Crippen molar-refractivity contribution in [1.82, 2.24) is 5.32 Å². The summed E-state index contributed by atoms with van der Waals surface area (Å²) in [6, 6.07) is 7.62. The van der Waals surface area contributed by atoms with Crippen LogP contribution in [0.25, 0.3) is 0 Å². The Balaban J connectivity index is 1.81. The number of hydrogen-bond acceptors (Lipinski definition) is 3. The van der Waals surface area contributed by atoms with Gasteiger partial charge in [0.25, 0.3) is 0 Å². The van der Waals surface area contributed by atoms with Gasteiger partial charge in [0.15, 0.2) is 0 Å². The monoisotopic (exact) mass is 308 g/mol. The highest BCUT2D eigenvalue weighted by Gasteiger charge is 2.34. The Morgan fingerprint density at radius 1 is 1.43 bits per heavy atom. The van der Waals surface area contributed by atoms with Gasteiger partial charge in [-0.1, -0.05) is 26.0 Å². The van der Waals surface area contributed by atoms with Gasteiger partial charge in [-0.2, -0.15) is 11.8 Å². The molecule has 2 rings (SSSR count). The summed E-state index contributed by atoms with van der Waals surface area (Å²) in [6.45, 7) is 4.67. The fourth-order valence-corrected chi connectivity index (χ4v) is 2.89. The number of benzene rings is 1. The highest BCUT2D eigenvalue weighted by molar-refractivity contribution is 7.99. The molecule has 0 spiro atoms. The molecule has 1 aromatic carbocycles. The Labute approximate surface area is 130 Å². The molecule has 0 aromatic heterocycles. The number of hydrogen-bond donors (Lipinski definition) is 3. The van der Waals surface area contributed by atoms with Crippen LogP contribution in [0.5, 0.6) is 0 Å². The van der Waals surface area contributed by atoms with E-state index in [1.807, 2.05) is 30.0 Å². The summed E-state index contributed by atoms with van der Waals surface area (Å²) in [5.41, 5.74) is 1.30. The van der Waals surface area contributed by atoms with E-state index < -0.39 is 5.60 Å². The second kappa shape index (κ2) is 7.18. The maximum Gasteiger partial charge on any atom is 0.319 e. The van der Waals surface area contributed by atoms with Crippen LogP contribution in [0, 0.1) is 0 Å². The smallest absolute Gasteiger partial charge is 0.319 e. The molecule has 0 saturated heterocycles. The van der Waals surface area contributed by atoms with E-state index in [0.717, 1.165) is 30.7 Å². The first-order valence-electron chi connectivity index (χ1n) is 7.45. The Bertz CT molecular complexity index is 487. The second-order valence-corrected chi connectivity index (χ2v) is 7.51. The molecule has 0 atom stereocenters. The Morgan fingerprint density at radius 3 is 2.81 bits per heavy atom. The van der Waals surface area contributed by atoms with E-state index in [4.69, 9.17) is 0 Å². The molecule has 0 bridgehead atoms. The van der Waals surface area contributed by atoms with Crippen LogP contribution in [0.3, 0.4) is 0 Å². The minimum atomic E-state index is -0.687. The SMILES string of the molecule is CC(C)SCc1cccc(NC(=O)NCC2(O)CCC2)c1. The lowest BCUT2D eigenvalue weighted by molar-refractivity contribution is -0.0287. The highest BCUT2D eigenvalue weighted by atomic mass is 32.2. The summed E-state index contributed by atoms with van der Waals surface area (Å²) in [5, 5.41) is 16.1. The minimum Gasteiger partial charge on any atom is -0.388 e. The predicted molar refractivity (Wildman–Crippen MR) is 88.7 cm³/mol. The Hall–Kier alpha value is -1.20. The van der Waals surface area contributed by atoms with Gasteiger partial charge in [0, 0.05) is 18.0 Å². The molecule has 5 heteroatoms. The first-order chi connectivity index (χ1) is 9.97. The Kier molecular flexibility index (Phi) is 5.53. The topological polar surface area (TPSA) is 61.4 Å². The lowest BCUT2D eigenvalue weighted by atomic mass is 9.80. The molecule has 0 unspecified atom stereocenters. The maximum atomic E-state index is 11.8. The molecular weight excluding hydrogens is 284 g/mol. The normalized spacial score (nSPS) is 16.4. The van der Waals surface area contributed by atoms with Crippen LogP contribution in [0.2, 0.25) is 0 Å². The van der Waals surface area contributed by atoms with Crippen LogP contribution >= 0.6 is 11.8 Å². The third-order valence-electron chi connectivity index (χ3n) is 3.63. The van der Waals surface area contributed by atoms with E-state index in [2.05, 4.69) is 30.5 Å². The van der Waals surface area contributed by atoms with Gasteiger partial charge in [0.2, 0.25) is 0 Å². The molecule has 0 aliphatic heterocycles. The van der Waals surface area contributed by atoms with Crippen LogP contribution in [0.15, 0.2) is 24.3 Å². The van der Waals surface area contributed by atoms with E-state index >= 15 is 0 Å². The average molecular weight is 308 g/mol. The molecule has 0 heterocycles. The van der Waals surface area contributed by atoms with Gasteiger partial charge in [0.1, 0.15) is 0 Å². The fourth-order valence-electron chi connectivity index (χ4n) is 2.18. The van der Waals surface area contributed by atoms with Crippen molar-refractivity contribution in [3.8, 4) is 0 Å². The zero-order chi connectivity index (χ0) is 15.3. The third-order valence-corrected chi connectivity index (χ3v) is 4.80. The standard InChI is InChI=1S/C16H24N2O2S/c1-12(2)21-10-13-5-3-6-14(9-13)18-15(19)17-11-16(20)7-4-8-16/h3,5-6,9,12,20H,4,7-8,10-11H2,1-2H3,(H2,17,18,19). The molecule has 1 aromatic rings. The van der Waals surface area contributed by atoms with Gasteiger partial charge < -0.3 is 15.7 Å². The molecular formula is C16H24N2O2S. The van der Waals surface area contributed by atoms with Crippen molar-refractivity contribution in [2.75, 3.05) is 11.9 Å². The van der Waals surface area contributed by atoms with Crippen molar-refractivity contribution in [2.24, 2.45) is 0 Å². The van der Waals surface area contributed by atoms with E-state index in [9.17, 15) is 9.90 Å². The largest absolute Gasteiger partial charge is 0.388 e. The van der Waals surface area contributed by atoms with Gasteiger partial charge in [-0.25, -0.2) is 4.79 Å². The van der Waals surface area contributed by atoms with E-state index in [1.165, 1.54) is 5.56 Å². The zero-order valence-electron chi connectivity index (χ0n) is 12.7. The quantitative estimate of drug-likeness (QED) is 0.755. The summed E-state index contributed by atoms with van der Waals surface area (Å²) < 4.78 is 0. The zero-order valence-corrected chi connectivity index (χ0v) is 13.5. The molecule has 4 nitrogen and oxygen atoms in total. The van der Waals surface area contributed by atoms with Gasteiger partial charge in [-0.05, 0) is 42.2 Å². The van der Waals surface area contributed by atoms with Gasteiger partial charge in [0.05, 0.1) is 5.60 Å². The minimum absolute atomic E-state index is 0.260. The molecule has 0 radical (unpaired) electrons. The highest BCUT2D eigenvalue weighted by Crippen LogP contribution is 2.30. The summed E-state index contributed by atoms with van der Waals surface area (Å²) in [5.74, 6) is 0.939. The van der Waals surface area contributed by atoms with Crippen molar-refractivity contribution in [1.29, 1.82) is 0 Å². The molecule has 116 valence electrons. The van der Waals surface area contributed by atoms with Crippen LogP contribution in [-0.4, -0.2) is 28.5 Å². The molecule has 1 fully saturated rings. The van der Waals surface area contributed by atoms with Crippen molar-refractivity contribution < 1.29 is 9.90 Å². The first kappa shape index (κ1) is 16.2. The predicted octanol–water partition coefficient (Wildman–Crippen LogP) is 3.36. The summed E-state index contributed by atoms with van der Waals surface area (Å²) in [6.07, 6.45) is 2.58. The first-order valence-corrected chi connectivity index (χ1v) is 8.49. The number of thioether (sulfide) groups is 1. The van der Waals surface area contributed by atoms with E-state index in [0.29, 0.717) is 11.8 Å². The van der Waals surface area contributed by atoms with Crippen molar-refractivity contribution >= 4 is 23.5 Å². The number of carbonyl (C=O) groups is 1. The van der Waals surface area contributed by atoms with E-state index in [-0.39, 0.29) is 6.03 Å². The number of amides is 2. The molecule has 1 aliphatic rings. The van der Waals surface area contributed by atoms with E-state index in [1.54, 1.807) is 0 Å². The number of anilines is 1. The van der Waals surface area contributed by atoms with Crippen LogP contribution < -0.4 is 10.6 Å². The van der Waals surface area contributed by atoms with Crippen LogP contribution in [0.1, 0.15) is 38.7 Å². The molecule has 2 amide bonds. The third kappa shape index (κ3) is 5.25. The second-order valence-electron chi connectivity index (χ2n) is 5.95. The lowest BCUT2D eigenvalue weighted by Crippen LogP contribution is -2.48. The number of nitrogens with one attached hydrogen (secondary N) is 2. The van der Waals surface area contributed by atoms with Crippen molar-refractivity contribution in [3.63, 3.8) is 0 Å². The summed E-state index contributed by atoms with van der Waals surface area (Å²) in [4.78, 5) is 11.8. The molecule has 3 N–H and O–H groups in total. The molecule has 1 saturated carbocycles. The number of aliphatic hydroxyl groups is 1. The summed E-state index contributed by atoms with van der Waals surface area (Å²) >= 11 is 1.87. The van der Waals surface area contributed by atoms with Gasteiger partial charge >= 0.3 is 6.03 Å². The van der Waals surface area contributed by atoms with Crippen molar-refractivity contribution in [2.45, 2.75) is 49.7 Å². The number of urea groups is 1. The van der Waals surface area contributed by atoms with Gasteiger partial charge in [-0.15, -0.1) is 0 Å². The molecule has 21 heavy (non-hydrogen) atoms. The lowest BCUT2D eigenvalue weighted by Gasteiger charge is -2.36. The van der Waals surface area contributed by atoms with Gasteiger partial charge in [-0.3, -0.25) is 0 Å². The van der Waals surface area contributed by atoms with Crippen LogP contribution in [0.4, 0.5) is 10.5 Å². The van der Waals surface area contributed by atoms with Crippen molar-refractivity contribution in [3.05, 3.63) is 29.8 Å².